The SMILES string of the molecule is CN(C)C(=O)c1cc(O)c(F)cc1F. The molecule has 0 unspecified atom stereocenters. The molecule has 1 aromatic carbocycles. The van der Waals surface area contributed by atoms with Gasteiger partial charge in [0.05, 0.1) is 5.56 Å². The van der Waals surface area contributed by atoms with Crippen molar-refractivity contribution in [3.05, 3.63) is 29.3 Å². The summed E-state index contributed by atoms with van der Waals surface area (Å²) in [5.41, 5.74) is -0.353. The Hall–Kier alpha value is -1.65. The second-order valence-electron chi connectivity index (χ2n) is 2.98. The van der Waals surface area contributed by atoms with E-state index in [1.165, 1.54) is 14.1 Å². The van der Waals surface area contributed by atoms with Crippen molar-refractivity contribution in [3.63, 3.8) is 0 Å². The molecule has 0 aliphatic rings. The van der Waals surface area contributed by atoms with Gasteiger partial charge in [0, 0.05) is 20.2 Å². The highest BCUT2D eigenvalue weighted by Gasteiger charge is 2.16. The Balaban J connectivity index is 3.22. The average Bonchev–Trinajstić information content (AvgIpc) is 2.10. The van der Waals surface area contributed by atoms with Crippen molar-refractivity contribution in [2.75, 3.05) is 14.1 Å². The topological polar surface area (TPSA) is 40.5 Å². The molecule has 1 amide bonds. The monoisotopic (exact) mass is 201 g/mol. The standard InChI is InChI=1S/C9H9F2NO2/c1-12(2)9(14)5-3-8(13)7(11)4-6(5)10/h3-4,13H,1-2H3. The molecule has 1 aromatic rings. The summed E-state index contributed by atoms with van der Waals surface area (Å²) in [5, 5.41) is 8.94. The van der Waals surface area contributed by atoms with Gasteiger partial charge in [0.2, 0.25) is 0 Å². The number of rotatable bonds is 1. The van der Waals surface area contributed by atoms with Crippen LogP contribution in [0, 0.1) is 11.6 Å². The minimum atomic E-state index is -1.09. The molecule has 0 fully saturated rings. The molecule has 0 aliphatic heterocycles. The molecule has 0 spiro atoms. The fourth-order valence-electron chi connectivity index (χ4n) is 0.942. The largest absolute Gasteiger partial charge is 0.505 e. The maximum atomic E-state index is 13.0. The number of hydrogen-bond donors (Lipinski definition) is 1. The predicted octanol–water partition coefficient (Wildman–Crippen LogP) is 1.37. The summed E-state index contributed by atoms with van der Waals surface area (Å²) in [6.07, 6.45) is 0. The van der Waals surface area contributed by atoms with Gasteiger partial charge in [-0.3, -0.25) is 4.79 Å². The Morgan fingerprint density at radius 2 is 1.86 bits per heavy atom. The van der Waals surface area contributed by atoms with Crippen molar-refractivity contribution >= 4 is 5.91 Å². The van der Waals surface area contributed by atoms with E-state index >= 15 is 0 Å². The molecule has 0 bridgehead atoms. The summed E-state index contributed by atoms with van der Waals surface area (Å²) < 4.78 is 25.7. The first-order valence-electron chi connectivity index (χ1n) is 3.83. The fraction of sp³-hybridized carbons (Fsp3) is 0.222. The Morgan fingerprint density at radius 1 is 1.29 bits per heavy atom. The smallest absolute Gasteiger partial charge is 0.256 e. The number of aromatic hydroxyl groups is 1. The lowest BCUT2D eigenvalue weighted by Crippen LogP contribution is -2.22. The van der Waals surface area contributed by atoms with Gasteiger partial charge >= 0.3 is 0 Å². The number of phenols is 1. The highest BCUT2D eigenvalue weighted by atomic mass is 19.1. The first kappa shape index (κ1) is 10.4. The molecule has 0 atom stereocenters. The van der Waals surface area contributed by atoms with E-state index < -0.39 is 23.3 Å². The maximum absolute atomic E-state index is 13.0. The van der Waals surface area contributed by atoms with E-state index in [0.717, 1.165) is 11.0 Å². The molecule has 0 heterocycles. The van der Waals surface area contributed by atoms with Gasteiger partial charge in [-0.05, 0) is 6.07 Å². The van der Waals surface area contributed by atoms with Gasteiger partial charge in [-0.1, -0.05) is 0 Å². The third-order valence-electron chi connectivity index (χ3n) is 1.67. The first-order valence-corrected chi connectivity index (χ1v) is 3.83. The van der Waals surface area contributed by atoms with Crippen molar-refractivity contribution in [2.24, 2.45) is 0 Å². The van der Waals surface area contributed by atoms with Crippen LogP contribution in [-0.4, -0.2) is 30.0 Å². The van der Waals surface area contributed by atoms with Crippen molar-refractivity contribution < 1.29 is 18.7 Å². The lowest BCUT2D eigenvalue weighted by Gasteiger charge is -2.11. The summed E-state index contributed by atoms with van der Waals surface area (Å²) in [7, 11) is 2.87. The van der Waals surface area contributed by atoms with Crippen LogP contribution in [0.15, 0.2) is 12.1 Å². The van der Waals surface area contributed by atoms with Gasteiger partial charge < -0.3 is 10.0 Å². The van der Waals surface area contributed by atoms with E-state index in [1.54, 1.807) is 0 Å². The van der Waals surface area contributed by atoms with Crippen molar-refractivity contribution in [3.8, 4) is 5.75 Å². The van der Waals surface area contributed by atoms with Crippen LogP contribution in [0.5, 0.6) is 5.75 Å². The van der Waals surface area contributed by atoms with Gasteiger partial charge in [-0.25, -0.2) is 8.78 Å². The quantitative estimate of drug-likeness (QED) is 0.745. The molecule has 0 aliphatic carbocycles. The minimum Gasteiger partial charge on any atom is -0.505 e. The van der Waals surface area contributed by atoms with Gasteiger partial charge in [-0.2, -0.15) is 0 Å². The van der Waals surface area contributed by atoms with Crippen LogP contribution in [0.1, 0.15) is 10.4 Å². The van der Waals surface area contributed by atoms with E-state index in [1.807, 2.05) is 0 Å². The van der Waals surface area contributed by atoms with E-state index in [9.17, 15) is 13.6 Å². The first-order chi connectivity index (χ1) is 6.43. The fourth-order valence-corrected chi connectivity index (χ4v) is 0.942. The van der Waals surface area contributed by atoms with E-state index in [0.29, 0.717) is 6.07 Å². The Labute approximate surface area is 79.6 Å². The average molecular weight is 201 g/mol. The second-order valence-corrected chi connectivity index (χ2v) is 2.98. The molecular weight excluding hydrogens is 192 g/mol. The summed E-state index contributed by atoms with van der Waals surface area (Å²) in [4.78, 5) is 12.4. The molecule has 0 saturated heterocycles. The van der Waals surface area contributed by atoms with Crippen LogP contribution in [0.2, 0.25) is 0 Å². The molecule has 1 rings (SSSR count). The van der Waals surface area contributed by atoms with Crippen LogP contribution in [0.4, 0.5) is 8.78 Å². The third kappa shape index (κ3) is 1.81. The highest BCUT2D eigenvalue weighted by Crippen LogP contribution is 2.20. The molecule has 14 heavy (non-hydrogen) atoms. The van der Waals surface area contributed by atoms with Crippen LogP contribution in [-0.2, 0) is 0 Å². The second kappa shape index (κ2) is 3.61. The Morgan fingerprint density at radius 3 is 2.36 bits per heavy atom. The van der Waals surface area contributed by atoms with Crippen LogP contribution in [0.3, 0.4) is 0 Å². The van der Waals surface area contributed by atoms with Crippen molar-refractivity contribution in [2.45, 2.75) is 0 Å². The van der Waals surface area contributed by atoms with E-state index in [4.69, 9.17) is 5.11 Å². The number of carbonyl (C=O) groups is 1. The maximum Gasteiger partial charge on any atom is 0.256 e. The van der Waals surface area contributed by atoms with Gasteiger partial charge in [0.25, 0.3) is 5.91 Å². The zero-order chi connectivity index (χ0) is 10.9. The molecule has 3 nitrogen and oxygen atoms in total. The molecule has 0 saturated carbocycles. The van der Waals surface area contributed by atoms with Gasteiger partial charge in [-0.15, -0.1) is 0 Å². The van der Waals surface area contributed by atoms with Gasteiger partial charge in [0.1, 0.15) is 5.82 Å². The number of hydrogen-bond acceptors (Lipinski definition) is 2. The lowest BCUT2D eigenvalue weighted by molar-refractivity contribution is 0.0822. The summed E-state index contributed by atoms with van der Waals surface area (Å²) in [6, 6.07) is 1.25. The van der Waals surface area contributed by atoms with Crippen molar-refractivity contribution in [1.29, 1.82) is 0 Å². The van der Waals surface area contributed by atoms with Crippen LogP contribution < -0.4 is 0 Å². The highest BCUT2D eigenvalue weighted by molar-refractivity contribution is 5.94. The Bertz CT molecular complexity index is 377. The van der Waals surface area contributed by atoms with Crippen molar-refractivity contribution in [1.82, 2.24) is 4.90 Å². The summed E-state index contributed by atoms with van der Waals surface area (Å²) in [5.74, 6) is -3.44. The number of phenolic OH excluding ortho intramolecular Hbond substituents is 1. The summed E-state index contributed by atoms with van der Waals surface area (Å²) in [6.45, 7) is 0. The minimum absolute atomic E-state index is 0.353. The molecule has 76 valence electrons. The predicted molar refractivity (Wildman–Crippen MR) is 46.0 cm³/mol. The van der Waals surface area contributed by atoms with E-state index in [2.05, 4.69) is 0 Å². The third-order valence-corrected chi connectivity index (χ3v) is 1.67. The zero-order valence-electron chi connectivity index (χ0n) is 7.71. The molecule has 0 aromatic heterocycles. The number of benzene rings is 1. The zero-order valence-corrected chi connectivity index (χ0v) is 7.71. The molecule has 0 radical (unpaired) electrons. The number of nitrogens with zero attached hydrogens (tertiary/aromatic N) is 1. The molecule has 1 N–H and O–H groups in total. The Kier molecular flexibility index (Phi) is 2.69. The van der Waals surface area contributed by atoms with E-state index in [-0.39, 0.29) is 5.56 Å². The van der Waals surface area contributed by atoms with Crippen LogP contribution >= 0.6 is 0 Å². The summed E-state index contributed by atoms with van der Waals surface area (Å²) >= 11 is 0. The number of amides is 1. The lowest BCUT2D eigenvalue weighted by atomic mass is 10.1. The molecule has 5 heteroatoms. The normalized spacial score (nSPS) is 10.0. The molecular formula is C9H9F2NO2. The van der Waals surface area contributed by atoms with Gasteiger partial charge in [0.15, 0.2) is 11.6 Å². The number of halogens is 2. The number of carbonyl (C=O) groups excluding carboxylic acids is 1. The van der Waals surface area contributed by atoms with Crippen LogP contribution in [0.25, 0.3) is 0 Å².